The predicted octanol–water partition coefficient (Wildman–Crippen LogP) is 3.34. The Morgan fingerprint density at radius 2 is 1.65 bits per heavy atom. The molecule has 1 fully saturated rings. The summed E-state index contributed by atoms with van der Waals surface area (Å²) in [6, 6.07) is 14.6. The Kier molecular flexibility index (Phi) is 6.50. The number of piperazine rings is 1. The predicted molar refractivity (Wildman–Crippen MR) is 112 cm³/mol. The van der Waals surface area contributed by atoms with Crippen LogP contribution in [-0.4, -0.2) is 54.3 Å². The number of carbonyl (C=O) groups is 2. The second-order valence-corrected chi connectivity index (χ2v) is 7.70. The molecule has 0 atom stereocenters. The van der Waals surface area contributed by atoms with E-state index >= 15 is 0 Å². The Hall–Kier alpha value is -1.64. The summed E-state index contributed by atoms with van der Waals surface area (Å²) in [4.78, 5) is 28.6. The van der Waals surface area contributed by atoms with Gasteiger partial charge in [0.15, 0.2) is 0 Å². The van der Waals surface area contributed by atoms with Crippen molar-refractivity contribution in [2.24, 2.45) is 0 Å². The minimum Gasteiger partial charge on any atom is -0.336 e. The molecule has 0 radical (unpaired) electrons. The van der Waals surface area contributed by atoms with Crippen LogP contribution in [0.25, 0.3) is 0 Å². The van der Waals surface area contributed by atoms with E-state index in [0.717, 1.165) is 9.26 Å². The van der Waals surface area contributed by atoms with Gasteiger partial charge in [0.1, 0.15) is 0 Å². The van der Waals surface area contributed by atoms with Crippen molar-refractivity contribution in [1.82, 2.24) is 9.80 Å². The molecule has 1 N–H and O–H groups in total. The van der Waals surface area contributed by atoms with Gasteiger partial charge in [0.2, 0.25) is 5.91 Å². The van der Waals surface area contributed by atoms with Gasteiger partial charge >= 0.3 is 0 Å². The monoisotopic (exact) mass is 483 g/mol. The highest BCUT2D eigenvalue weighted by Gasteiger charge is 2.23. The summed E-state index contributed by atoms with van der Waals surface area (Å²) < 4.78 is 1.01. The number of nitrogens with zero attached hydrogens (tertiary/aromatic N) is 2. The Labute approximate surface area is 171 Å². The summed E-state index contributed by atoms with van der Waals surface area (Å²) >= 11 is 8.07. The molecule has 5 nitrogen and oxygen atoms in total. The molecule has 1 aliphatic rings. The maximum atomic E-state index is 12.5. The topological polar surface area (TPSA) is 52.7 Å². The van der Waals surface area contributed by atoms with Gasteiger partial charge in [0, 0.05) is 40.3 Å². The average molecular weight is 484 g/mol. The molecule has 0 spiro atoms. The molecule has 1 heterocycles. The number of amides is 2. The van der Waals surface area contributed by atoms with Crippen molar-refractivity contribution in [3.63, 3.8) is 0 Å². The molecular formula is C19H19ClIN3O2. The summed E-state index contributed by atoms with van der Waals surface area (Å²) in [5.74, 6) is -0.0313. The van der Waals surface area contributed by atoms with Crippen LogP contribution >= 0.6 is 34.2 Å². The lowest BCUT2D eigenvalue weighted by Gasteiger charge is -2.34. The molecule has 7 heteroatoms. The lowest BCUT2D eigenvalue weighted by Crippen LogP contribution is -2.50. The van der Waals surface area contributed by atoms with Gasteiger partial charge in [-0.2, -0.15) is 0 Å². The zero-order valence-corrected chi connectivity index (χ0v) is 17.0. The fraction of sp³-hybridized carbons (Fsp3) is 0.263. The molecule has 0 unspecified atom stereocenters. The van der Waals surface area contributed by atoms with E-state index in [1.54, 1.807) is 24.3 Å². The van der Waals surface area contributed by atoms with Crippen molar-refractivity contribution in [3.8, 4) is 0 Å². The second-order valence-electron chi connectivity index (χ2n) is 6.10. The molecule has 26 heavy (non-hydrogen) atoms. The van der Waals surface area contributed by atoms with E-state index in [9.17, 15) is 9.59 Å². The van der Waals surface area contributed by atoms with E-state index in [1.165, 1.54) is 0 Å². The van der Waals surface area contributed by atoms with E-state index < -0.39 is 0 Å². The molecule has 0 aromatic heterocycles. The molecule has 136 valence electrons. The van der Waals surface area contributed by atoms with Crippen molar-refractivity contribution >= 4 is 51.7 Å². The fourth-order valence-corrected chi connectivity index (χ4v) is 3.49. The van der Waals surface area contributed by atoms with Gasteiger partial charge in [-0.15, -0.1) is 0 Å². The number of halogens is 2. The van der Waals surface area contributed by atoms with Crippen LogP contribution in [0.4, 0.5) is 5.69 Å². The number of carbonyl (C=O) groups excluding carboxylic acids is 2. The van der Waals surface area contributed by atoms with Crippen LogP contribution in [-0.2, 0) is 4.79 Å². The van der Waals surface area contributed by atoms with Crippen molar-refractivity contribution in [2.45, 2.75) is 0 Å². The summed E-state index contributed by atoms with van der Waals surface area (Å²) in [7, 11) is 0. The van der Waals surface area contributed by atoms with Gasteiger partial charge in [-0.3, -0.25) is 14.5 Å². The van der Waals surface area contributed by atoms with Crippen molar-refractivity contribution in [3.05, 3.63) is 62.7 Å². The summed E-state index contributed by atoms with van der Waals surface area (Å²) in [5, 5.41) is 3.56. The van der Waals surface area contributed by atoms with Crippen LogP contribution in [0, 0.1) is 3.57 Å². The molecule has 2 aromatic carbocycles. The smallest absolute Gasteiger partial charge is 0.253 e. The quantitative estimate of drug-likeness (QED) is 0.679. The molecule has 1 saturated heterocycles. The summed E-state index contributed by atoms with van der Waals surface area (Å²) in [6.45, 7) is 2.90. The van der Waals surface area contributed by atoms with Crippen molar-refractivity contribution < 1.29 is 9.59 Å². The number of hydrogen-bond donors (Lipinski definition) is 1. The van der Waals surface area contributed by atoms with Gasteiger partial charge < -0.3 is 10.2 Å². The minimum absolute atomic E-state index is 0.00427. The highest BCUT2D eigenvalue weighted by molar-refractivity contribution is 14.1. The van der Waals surface area contributed by atoms with Crippen LogP contribution in [0.3, 0.4) is 0 Å². The van der Waals surface area contributed by atoms with E-state index in [1.807, 2.05) is 29.2 Å². The summed E-state index contributed by atoms with van der Waals surface area (Å²) in [5.41, 5.74) is 1.47. The van der Waals surface area contributed by atoms with Crippen LogP contribution in [0.1, 0.15) is 10.4 Å². The van der Waals surface area contributed by atoms with Crippen LogP contribution < -0.4 is 5.32 Å². The maximum absolute atomic E-state index is 12.5. The molecule has 2 aromatic rings. The Morgan fingerprint density at radius 3 is 2.31 bits per heavy atom. The second kappa shape index (κ2) is 8.83. The van der Waals surface area contributed by atoms with Crippen molar-refractivity contribution in [1.29, 1.82) is 0 Å². The molecule has 0 bridgehead atoms. The molecule has 0 saturated carbocycles. The zero-order chi connectivity index (χ0) is 18.5. The van der Waals surface area contributed by atoms with Gasteiger partial charge in [-0.05, 0) is 59.0 Å². The lowest BCUT2D eigenvalue weighted by atomic mass is 10.2. The number of anilines is 1. The first-order chi connectivity index (χ1) is 12.5. The molecule has 3 rings (SSSR count). The van der Waals surface area contributed by atoms with Crippen LogP contribution in [0.2, 0.25) is 5.02 Å². The number of rotatable bonds is 4. The van der Waals surface area contributed by atoms with Gasteiger partial charge in [0.25, 0.3) is 5.91 Å². The van der Waals surface area contributed by atoms with Gasteiger partial charge in [0.05, 0.1) is 12.2 Å². The number of benzene rings is 2. The minimum atomic E-state index is -0.0356. The van der Waals surface area contributed by atoms with E-state index in [2.05, 4.69) is 32.8 Å². The van der Waals surface area contributed by atoms with Crippen LogP contribution in [0.5, 0.6) is 0 Å². The Balaban J connectivity index is 1.49. The van der Waals surface area contributed by atoms with E-state index in [4.69, 9.17) is 11.6 Å². The maximum Gasteiger partial charge on any atom is 0.253 e. The van der Waals surface area contributed by atoms with Crippen molar-refractivity contribution in [2.75, 3.05) is 38.0 Å². The van der Waals surface area contributed by atoms with E-state index in [0.29, 0.717) is 43.3 Å². The third-order valence-electron chi connectivity index (χ3n) is 4.27. The highest BCUT2D eigenvalue weighted by Crippen LogP contribution is 2.17. The first-order valence-corrected chi connectivity index (χ1v) is 9.80. The highest BCUT2D eigenvalue weighted by atomic mass is 127. The molecule has 0 aliphatic carbocycles. The van der Waals surface area contributed by atoms with Crippen LogP contribution in [0.15, 0.2) is 48.5 Å². The number of para-hydroxylation sites is 1. The molecule has 1 aliphatic heterocycles. The number of nitrogens with one attached hydrogen (secondary N) is 1. The van der Waals surface area contributed by atoms with Gasteiger partial charge in [-0.1, -0.05) is 23.7 Å². The normalized spacial score (nSPS) is 14.9. The first-order valence-electron chi connectivity index (χ1n) is 8.34. The zero-order valence-electron chi connectivity index (χ0n) is 14.1. The standard InChI is InChI=1S/C19H19ClIN3O2/c20-15-7-5-14(6-8-15)19(26)24-11-9-23(10-12-24)13-18(25)22-17-4-2-1-3-16(17)21/h1-8H,9-13H2,(H,22,25). The molecular weight excluding hydrogens is 465 g/mol. The third kappa shape index (κ3) is 4.96. The van der Waals surface area contributed by atoms with E-state index in [-0.39, 0.29) is 11.8 Å². The summed E-state index contributed by atoms with van der Waals surface area (Å²) in [6.07, 6.45) is 0. The molecule has 2 amide bonds. The number of hydrogen-bond acceptors (Lipinski definition) is 3. The largest absolute Gasteiger partial charge is 0.336 e. The lowest BCUT2D eigenvalue weighted by molar-refractivity contribution is -0.117. The first kappa shape index (κ1) is 19.1. The van der Waals surface area contributed by atoms with Gasteiger partial charge in [-0.25, -0.2) is 0 Å². The Bertz CT molecular complexity index is 790. The average Bonchev–Trinajstić information content (AvgIpc) is 2.64. The fourth-order valence-electron chi connectivity index (χ4n) is 2.84. The Morgan fingerprint density at radius 1 is 1.00 bits per heavy atom. The third-order valence-corrected chi connectivity index (χ3v) is 5.46. The SMILES string of the molecule is O=C(CN1CCN(C(=O)c2ccc(Cl)cc2)CC1)Nc1ccccc1I.